The van der Waals surface area contributed by atoms with Crippen molar-refractivity contribution in [3.8, 4) is 0 Å². The topological polar surface area (TPSA) is 52.6 Å². The van der Waals surface area contributed by atoms with Gasteiger partial charge < -0.3 is 15.1 Å². The summed E-state index contributed by atoms with van der Waals surface area (Å²) in [7, 11) is 0. The highest BCUT2D eigenvalue weighted by Crippen LogP contribution is 2.39. The zero-order chi connectivity index (χ0) is 18.2. The van der Waals surface area contributed by atoms with Gasteiger partial charge in [-0.1, -0.05) is 23.2 Å². The van der Waals surface area contributed by atoms with E-state index in [1.54, 1.807) is 23.1 Å². The molecule has 2 aliphatic rings. The Morgan fingerprint density at radius 2 is 1.84 bits per heavy atom. The smallest absolute Gasteiger partial charge is 0.322 e. The number of benzene rings is 1. The second-order valence-electron chi connectivity index (χ2n) is 7.04. The van der Waals surface area contributed by atoms with E-state index in [-0.39, 0.29) is 18.0 Å². The van der Waals surface area contributed by atoms with Gasteiger partial charge in [0.05, 0.1) is 10.0 Å². The third-order valence-corrected chi connectivity index (χ3v) is 5.92. The lowest BCUT2D eigenvalue weighted by molar-refractivity contribution is -0.147. The van der Waals surface area contributed by atoms with Crippen molar-refractivity contribution in [1.82, 2.24) is 9.80 Å². The molecule has 1 atom stereocenters. The molecule has 0 bridgehead atoms. The van der Waals surface area contributed by atoms with Crippen LogP contribution >= 0.6 is 23.2 Å². The number of hydrogen-bond acceptors (Lipinski definition) is 2. The molecule has 1 aromatic rings. The molecule has 3 amide bonds. The Morgan fingerprint density at radius 1 is 1.16 bits per heavy atom. The van der Waals surface area contributed by atoms with Gasteiger partial charge in [0.25, 0.3) is 0 Å². The van der Waals surface area contributed by atoms with Gasteiger partial charge in [-0.25, -0.2) is 4.79 Å². The average Bonchev–Trinajstić information content (AvgIpc) is 2.98. The zero-order valence-electron chi connectivity index (χ0n) is 14.5. The first-order chi connectivity index (χ1) is 11.8. The van der Waals surface area contributed by atoms with E-state index in [1.165, 1.54) is 0 Å². The van der Waals surface area contributed by atoms with Gasteiger partial charge in [-0.05, 0) is 57.7 Å². The number of carbonyl (C=O) groups is 2. The number of amides is 3. The zero-order valence-corrected chi connectivity index (χ0v) is 16.0. The van der Waals surface area contributed by atoms with Crippen LogP contribution in [0.25, 0.3) is 0 Å². The second kappa shape index (κ2) is 7.04. The Kier molecular flexibility index (Phi) is 5.16. The standard InChI is InChI=1S/C18H23Cl2N3O2/c1-12(2)22-9-3-7-18(16(22)24)8-4-10-23(18)17(25)21-13-5-6-14(19)15(20)11-13/h5-6,11-12H,3-4,7-10H2,1-2H3,(H,21,25). The lowest BCUT2D eigenvalue weighted by Gasteiger charge is -2.45. The summed E-state index contributed by atoms with van der Waals surface area (Å²) in [6.07, 6.45) is 3.21. The number of nitrogens with one attached hydrogen (secondary N) is 1. The third-order valence-electron chi connectivity index (χ3n) is 5.18. The number of halogens is 2. The molecule has 0 radical (unpaired) electrons. The monoisotopic (exact) mass is 383 g/mol. The maximum Gasteiger partial charge on any atom is 0.322 e. The number of likely N-dealkylation sites (tertiary alicyclic amines) is 2. The fourth-order valence-electron chi connectivity index (χ4n) is 3.93. The van der Waals surface area contributed by atoms with Crippen molar-refractivity contribution in [2.45, 2.75) is 51.1 Å². The first-order valence-electron chi connectivity index (χ1n) is 8.70. The molecule has 1 aromatic carbocycles. The van der Waals surface area contributed by atoms with E-state index >= 15 is 0 Å². The molecule has 136 valence electrons. The summed E-state index contributed by atoms with van der Waals surface area (Å²) in [6.45, 7) is 5.39. The van der Waals surface area contributed by atoms with Crippen LogP contribution in [-0.2, 0) is 4.79 Å². The van der Waals surface area contributed by atoms with Crippen LogP contribution in [0.1, 0.15) is 39.5 Å². The summed E-state index contributed by atoms with van der Waals surface area (Å²) in [4.78, 5) is 29.6. The summed E-state index contributed by atoms with van der Waals surface area (Å²) in [5.41, 5.74) is -0.131. The number of nitrogens with zero attached hydrogens (tertiary/aromatic N) is 2. The van der Waals surface area contributed by atoms with E-state index in [2.05, 4.69) is 5.32 Å². The molecule has 25 heavy (non-hydrogen) atoms. The van der Waals surface area contributed by atoms with Crippen molar-refractivity contribution >= 4 is 40.8 Å². The van der Waals surface area contributed by atoms with Crippen LogP contribution in [0.4, 0.5) is 10.5 Å². The molecule has 1 N–H and O–H groups in total. The number of anilines is 1. The second-order valence-corrected chi connectivity index (χ2v) is 7.86. The van der Waals surface area contributed by atoms with E-state index in [0.717, 1.165) is 32.2 Å². The van der Waals surface area contributed by atoms with Gasteiger partial charge in [-0.15, -0.1) is 0 Å². The fraction of sp³-hybridized carbons (Fsp3) is 0.556. The molecular formula is C18H23Cl2N3O2. The first-order valence-corrected chi connectivity index (χ1v) is 9.45. The molecular weight excluding hydrogens is 361 g/mol. The molecule has 2 heterocycles. The first kappa shape index (κ1) is 18.3. The maximum absolute atomic E-state index is 13.1. The number of urea groups is 1. The summed E-state index contributed by atoms with van der Waals surface area (Å²) < 4.78 is 0. The van der Waals surface area contributed by atoms with Crippen LogP contribution in [0.2, 0.25) is 10.0 Å². The summed E-state index contributed by atoms with van der Waals surface area (Å²) in [5, 5.41) is 3.68. The molecule has 1 spiro atoms. The van der Waals surface area contributed by atoms with Gasteiger partial charge >= 0.3 is 6.03 Å². The van der Waals surface area contributed by atoms with Crippen LogP contribution in [0.5, 0.6) is 0 Å². The van der Waals surface area contributed by atoms with Gasteiger partial charge in [0.1, 0.15) is 5.54 Å². The molecule has 1 unspecified atom stereocenters. The van der Waals surface area contributed by atoms with Crippen molar-refractivity contribution in [2.75, 3.05) is 18.4 Å². The number of hydrogen-bond donors (Lipinski definition) is 1. The lowest BCUT2D eigenvalue weighted by Crippen LogP contribution is -2.63. The van der Waals surface area contributed by atoms with E-state index < -0.39 is 5.54 Å². The maximum atomic E-state index is 13.1. The van der Waals surface area contributed by atoms with Crippen molar-refractivity contribution in [1.29, 1.82) is 0 Å². The van der Waals surface area contributed by atoms with Gasteiger partial charge in [-0.3, -0.25) is 4.79 Å². The number of rotatable bonds is 2. The van der Waals surface area contributed by atoms with Crippen molar-refractivity contribution in [3.63, 3.8) is 0 Å². The van der Waals surface area contributed by atoms with Crippen LogP contribution in [0.15, 0.2) is 18.2 Å². The Labute approximate surface area is 158 Å². The fourth-order valence-corrected chi connectivity index (χ4v) is 4.23. The normalized spacial score (nSPS) is 23.6. The lowest BCUT2D eigenvalue weighted by atomic mass is 9.85. The van der Waals surface area contributed by atoms with E-state index in [0.29, 0.717) is 22.3 Å². The van der Waals surface area contributed by atoms with Crippen molar-refractivity contribution in [2.24, 2.45) is 0 Å². The minimum atomic E-state index is -0.706. The van der Waals surface area contributed by atoms with Crippen LogP contribution in [0, 0.1) is 0 Å². The van der Waals surface area contributed by atoms with E-state index in [9.17, 15) is 9.59 Å². The minimum absolute atomic E-state index is 0.0792. The molecule has 2 aliphatic heterocycles. The summed E-state index contributed by atoms with van der Waals surface area (Å²) in [6, 6.07) is 4.86. The molecule has 0 saturated carbocycles. The Morgan fingerprint density at radius 3 is 2.48 bits per heavy atom. The van der Waals surface area contributed by atoms with Crippen molar-refractivity contribution < 1.29 is 9.59 Å². The molecule has 2 fully saturated rings. The highest BCUT2D eigenvalue weighted by atomic mass is 35.5. The number of piperidine rings is 1. The highest BCUT2D eigenvalue weighted by molar-refractivity contribution is 6.42. The largest absolute Gasteiger partial charge is 0.338 e. The number of carbonyl (C=O) groups excluding carboxylic acids is 2. The highest BCUT2D eigenvalue weighted by Gasteiger charge is 2.53. The van der Waals surface area contributed by atoms with Crippen molar-refractivity contribution in [3.05, 3.63) is 28.2 Å². The minimum Gasteiger partial charge on any atom is -0.338 e. The van der Waals surface area contributed by atoms with Crippen LogP contribution in [-0.4, -0.2) is 46.4 Å². The van der Waals surface area contributed by atoms with E-state index in [1.807, 2.05) is 18.7 Å². The molecule has 0 aliphatic carbocycles. The van der Waals surface area contributed by atoms with Crippen LogP contribution < -0.4 is 5.32 Å². The Balaban J connectivity index is 1.81. The molecule has 0 aromatic heterocycles. The molecule has 5 nitrogen and oxygen atoms in total. The molecule has 7 heteroatoms. The molecule has 3 rings (SSSR count). The molecule has 2 saturated heterocycles. The Bertz CT molecular complexity index is 695. The summed E-state index contributed by atoms with van der Waals surface area (Å²) in [5.74, 6) is 0.0792. The third kappa shape index (κ3) is 3.32. The van der Waals surface area contributed by atoms with E-state index in [4.69, 9.17) is 23.2 Å². The predicted molar refractivity (Wildman–Crippen MR) is 100 cm³/mol. The Hall–Kier alpha value is -1.46. The van der Waals surface area contributed by atoms with Gasteiger partial charge in [0, 0.05) is 24.8 Å². The quantitative estimate of drug-likeness (QED) is 0.822. The van der Waals surface area contributed by atoms with Gasteiger partial charge in [-0.2, -0.15) is 0 Å². The average molecular weight is 384 g/mol. The van der Waals surface area contributed by atoms with Crippen LogP contribution in [0.3, 0.4) is 0 Å². The predicted octanol–water partition coefficient (Wildman–Crippen LogP) is 4.39. The SMILES string of the molecule is CC(C)N1CCCC2(CCCN2C(=O)Nc2ccc(Cl)c(Cl)c2)C1=O. The van der Waals surface area contributed by atoms with Gasteiger partial charge in [0.15, 0.2) is 0 Å². The van der Waals surface area contributed by atoms with Gasteiger partial charge in [0.2, 0.25) is 5.91 Å². The summed E-state index contributed by atoms with van der Waals surface area (Å²) >= 11 is 11.9.